The van der Waals surface area contributed by atoms with Crippen LogP contribution in [0.15, 0.2) is 57.2 Å². The SMILES string of the molecule is O=C(Cc1csc(NC(=O)c2ccc(=O)[nH]c2)n1)Nc1ccc(Br)cc1. The van der Waals surface area contributed by atoms with Crippen LogP contribution in [-0.2, 0) is 11.2 Å². The predicted octanol–water partition coefficient (Wildman–Crippen LogP) is 3.03. The zero-order valence-electron chi connectivity index (χ0n) is 13.3. The first kappa shape index (κ1) is 18.0. The van der Waals surface area contributed by atoms with Crippen molar-refractivity contribution in [1.82, 2.24) is 9.97 Å². The van der Waals surface area contributed by atoms with Gasteiger partial charge in [0.25, 0.3) is 5.91 Å². The van der Waals surface area contributed by atoms with E-state index in [9.17, 15) is 14.4 Å². The van der Waals surface area contributed by atoms with Gasteiger partial charge in [-0.15, -0.1) is 11.3 Å². The Kier molecular flexibility index (Phi) is 5.59. The summed E-state index contributed by atoms with van der Waals surface area (Å²) < 4.78 is 0.929. The van der Waals surface area contributed by atoms with Crippen LogP contribution in [0, 0.1) is 0 Å². The Bertz CT molecular complexity index is 977. The number of carbonyl (C=O) groups excluding carboxylic acids is 2. The van der Waals surface area contributed by atoms with Crippen molar-refractivity contribution in [2.45, 2.75) is 6.42 Å². The number of pyridine rings is 1. The van der Waals surface area contributed by atoms with E-state index in [1.807, 2.05) is 12.1 Å². The monoisotopic (exact) mass is 432 g/mol. The van der Waals surface area contributed by atoms with E-state index in [1.54, 1.807) is 17.5 Å². The van der Waals surface area contributed by atoms with Crippen molar-refractivity contribution in [1.29, 1.82) is 0 Å². The van der Waals surface area contributed by atoms with Gasteiger partial charge in [-0.1, -0.05) is 15.9 Å². The smallest absolute Gasteiger partial charge is 0.258 e. The fraction of sp³-hybridized carbons (Fsp3) is 0.0588. The van der Waals surface area contributed by atoms with E-state index < -0.39 is 0 Å². The maximum Gasteiger partial charge on any atom is 0.258 e. The number of rotatable bonds is 5. The number of aromatic nitrogens is 2. The standard InChI is InChI=1S/C17H13BrN4O3S/c18-11-2-4-12(5-3-11)20-15(24)7-13-9-26-17(21-13)22-16(25)10-1-6-14(23)19-8-10/h1-6,8-9H,7H2,(H,19,23)(H,20,24)(H,21,22,25). The van der Waals surface area contributed by atoms with Gasteiger partial charge in [0.2, 0.25) is 11.5 Å². The van der Waals surface area contributed by atoms with Crippen molar-refractivity contribution in [3.05, 3.63) is 74.1 Å². The summed E-state index contributed by atoms with van der Waals surface area (Å²) in [4.78, 5) is 41.8. The fourth-order valence-electron chi connectivity index (χ4n) is 2.07. The maximum atomic E-state index is 12.1. The van der Waals surface area contributed by atoms with Gasteiger partial charge in [-0.3, -0.25) is 19.7 Å². The molecule has 7 nitrogen and oxygen atoms in total. The molecule has 132 valence electrons. The number of anilines is 2. The minimum absolute atomic E-state index is 0.0983. The first-order chi connectivity index (χ1) is 12.5. The van der Waals surface area contributed by atoms with E-state index in [4.69, 9.17) is 0 Å². The topological polar surface area (TPSA) is 104 Å². The van der Waals surface area contributed by atoms with Crippen molar-refractivity contribution in [3.63, 3.8) is 0 Å². The van der Waals surface area contributed by atoms with Crippen LogP contribution in [0.3, 0.4) is 0 Å². The molecule has 0 unspecified atom stereocenters. The normalized spacial score (nSPS) is 10.3. The summed E-state index contributed by atoms with van der Waals surface area (Å²) in [6.45, 7) is 0. The van der Waals surface area contributed by atoms with Crippen LogP contribution in [0.5, 0.6) is 0 Å². The van der Waals surface area contributed by atoms with Gasteiger partial charge in [-0.05, 0) is 30.3 Å². The number of H-pyrrole nitrogens is 1. The molecule has 0 atom stereocenters. The highest BCUT2D eigenvalue weighted by atomic mass is 79.9. The molecule has 9 heteroatoms. The second kappa shape index (κ2) is 8.07. The third kappa shape index (κ3) is 4.87. The molecule has 3 rings (SSSR count). The highest BCUT2D eigenvalue weighted by molar-refractivity contribution is 9.10. The molecule has 0 radical (unpaired) electrons. The van der Waals surface area contributed by atoms with E-state index >= 15 is 0 Å². The minimum Gasteiger partial charge on any atom is -0.328 e. The number of hydrogen-bond donors (Lipinski definition) is 3. The van der Waals surface area contributed by atoms with Crippen LogP contribution in [0.2, 0.25) is 0 Å². The largest absolute Gasteiger partial charge is 0.328 e. The minimum atomic E-state index is -0.388. The second-order valence-electron chi connectivity index (χ2n) is 5.27. The van der Waals surface area contributed by atoms with Gasteiger partial charge in [0.1, 0.15) is 0 Å². The van der Waals surface area contributed by atoms with Crippen LogP contribution in [-0.4, -0.2) is 21.8 Å². The van der Waals surface area contributed by atoms with Gasteiger partial charge in [-0.2, -0.15) is 0 Å². The molecule has 0 spiro atoms. The Morgan fingerprint density at radius 3 is 2.58 bits per heavy atom. The molecule has 2 amide bonds. The Hall–Kier alpha value is -2.78. The number of nitrogens with one attached hydrogen (secondary N) is 3. The molecule has 0 saturated carbocycles. The van der Waals surface area contributed by atoms with E-state index in [2.05, 4.69) is 36.5 Å². The lowest BCUT2D eigenvalue weighted by Crippen LogP contribution is -2.15. The molecular weight excluding hydrogens is 420 g/mol. The third-order valence-electron chi connectivity index (χ3n) is 3.29. The van der Waals surface area contributed by atoms with Gasteiger partial charge >= 0.3 is 0 Å². The number of aromatic amines is 1. The third-order valence-corrected chi connectivity index (χ3v) is 4.62. The summed E-state index contributed by atoms with van der Waals surface area (Å²) in [6.07, 6.45) is 1.43. The molecule has 2 heterocycles. The highest BCUT2D eigenvalue weighted by Gasteiger charge is 2.11. The molecule has 0 aliphatic heterocycles. The van der Waals surface area contributed by atoms with Crippen LogP contribution < -0.4 is 16.2 Å². The van der Waals surface area contributed by atoms with Crippen molar-refractivity contribution in [3.8, 4) is 0 Å². The maximum absolute atomic E-state index is 12.1. The first-order valence-corrected chi connectivity index (χ1v) is 9.17. The van der Waals surface area contributed by atoms with Crippen LogP contribution >= 0.6 is 27.3 Å². The lowest BCUT2D eigenvalue weighted by Gasteiger charge is -2.04. The summed E-state index contributed by atoms with van der Waals surface area (Å²) in [5.41, 5.74) is 1.28. The number of carbonyl (C=O) groups is 2. The summed E-state index contributed by atoms with van der Waals surface area (Å²) in [5, 5.41) is 7.51. The summed E-state index contributed by atoms with van der Waals surface area (Å²) in [7, 11) is 0. The molecule has 0 saturated heterocycles. The molecule has 2 aromatic heterocycles. The summed E-state index contributed by atoms with van der Waals surface area (Å²) in [5.74, 6) is -0.586. The Balaban J connectivity index is 1.58. The van der Waals surface area contributed by atoms with Crippen molar-refractivity contribution in [2.75, 3.05) is 10.6 Å². The molecule has 0 aliphatic rings. The van der Waals surface area contributed by atoms with Crippen LogP contribution in [0.4, 0.5) is 10.8 Å². The second-order valence-corrected chi connectivity index (χ2v) is 7.05. The van der Waals surface area contributed by atoms with E-state index in [0.29, 0.717) is 22.1 Å². The van der Waals surface area contributed by atoms with E-state index in [0.717, 1.165) is 4.47 Å². The number of thiazole rings is 1. The van der Waals surface area contributed by atoms with Crippen LogP contribution in [0.1, 0.15) is 16.1 Å². The zero-order valence-corrected chi connectivity index (χ0v) is 15.7. The van der Waals surface area contributed by atoms with E-state index in [-0.39, 0.29) is 23.8 Å². The molecule has 1 aromatic carbocycles. The number of hydrogen-bond acceptors (Lipinski definition) is 5. The van der Waals surface area contributed by atoms with Gasteiger partial charge in [0.05, 0.1) is 17.7 Å². The van der Waals surface area contributed by atoms with Crippen molar-refractivity contribution in [2.24, 2.45) is 0 Å². The molecule has 0 fully saturated rings. The number of halogens is 1. The lowest BCUT2D eigenvalue weighted by molar-refractivity contribution is -0.115. The van der Waals surface area contributed by atoms with Gasteiger partial charge in [0.15, 0.2) is 5.13 Å². The number of amides is 2. The predicted molar refractivity (Wildman–Crippen MR) is 104 cm³/mol. The Labute approximate surface area is 160 Å². The summed E-state index contributed by atoms with van der Waals surface area (Å²) >= 11 is 4.56. The molecular formula is C17H13BrN4O3S. The quantitative estimate of drug-likeness (QED) is 0.576. The zero-order chi connectivity index (χ0) is 18.5. The fourth-order valence-corrected chi connectivity index (χ4v) is 3.04. The first-order valence-electron chi connectivity index (χ1n) is 7.49. The molecule has 3 aromatic rings. The highest BCUT2D eigenvalue weighted by Crippen LogP contribution is 2.18. The average molecular weight is 433 g/mol. The average Bonchev–Trinajstić information content (AvgIpc) is 3.04. The van der Waals surface area contributed by atoms with Gasteiger partial charge < -0.3 is 10.3 Å². The number of benzene rings is 1. The lowest BCUT2D eigenvalue weighted by atomic mass is 10.3. The Morgan fingerprint density at radius 1 is 1.12 bits per heavy atom. The summed E-state index contributed by atoms with van der Waals surface area (Å²) in [6, 6.07) is 9.95. The van der Waals surface area contributed by atoms with Crippen molar-refractivity contribution < 1.29 is 9.59 Å². The van der Waals surface area contributed by atoms with Gasteiger partial charge in [0, 0.05) is 27.8 Å². The van der Waals surface area contributed by atoms with E-state index in [1.165, 1.54) is 29.7 Å². The molecule has 0 bridgehead atoms. The molecule has 3 N–H and O–H groups in total. The molecule has 26 heavy (non-hydrogen) atoms. The van der Waals surface area contributed by atoms with Gasteiger partial charge in [-0.25, -0.2) is 4.98 Å². The Morgan fingerprint density at radius 2 is 1.88 bits per heavy atom. The molecule has 0 aliphatic carbocycles. The number of nitrogens with zero attached hydrogens (tertiary/aromatic N) is 1. The van der Waals surface area contributed by atoms with Crippen LogP contribution in [0.25, 0.3) is 0 Å². The van der Waals surface area contributed by atoms with Crippen molar-refractivity contribution >= 4 is 49.9 Å².